The van der Waals surface area contributed by atoms with E-state index in [1.807, 2.05) is 6.07 Å². The summed E-state index contributed by atoms with van der Waals surface area (Å²) in [5, 5.41) is 3.23. The number of carbonyl (C=O) groups excluding carboxylic acids is 2. The molecule has 0 saturated heterocycles. The van der Waals surface area contributed by atoms with Crippen molar-refractivity contribution >= 4 is 35.2 Å². The van der Waals surface area contributed by atoms with Crippen LogP contribution in [-0.2, 0) is 14.3 Å². The number of carbonyl (C=O) groups is 2. The lowest BCUT2D eigenvalue weighted by Crippen LogP contribution is -2.29. The van der Waals surface area contributed by atoms with Gasteiger partial charge in [-0.25, -0.2) is 4.79 Å². The van der Waals surface area contributed by atoms with Gasteiger partial charge in [0.2, 0.25) is 0 Å². The Bertz CT molecular complexity index is 879. The topological polar surface area (TPSA) is 73.9 Å². The van der Waals surface area contributed by atoms with Crippen molar-refractivity contribution in [3.8, 4) is 11.5 Å². The average Bonchev–Trinajstić information content (AvgIpc) is 2.93. The van der Waals surface area contributed by atoms with Crippen LogP contribution in [0.15, 0.2) is 48.5 Å². The third-order valence-corrected chi connectivity index (χ3v) is 4.21. The fourth-order valence-electron chi connectivity index (χ4n) is 2.49. The number of rotatable bonds is 5. The van der Waals surface area contributed by atoms with E-state index in [4.69, 9.17) is 25.8 Å². The highest BCUT2D eigenvalue weighted by atomic mass is 35.5. The number of anilines is 1. The highest BCUT2D eigenvalue weighted by Crippen LogP contribution is 2.30. The molecule has 1 heterocycles. The molecule has 146 valence electrons. The maximum Gasteiger partial charge on any atom is 0.331 e. The summed E-state index contributed by atoms with van der Waals surface area (Å²) in [5.41, 5.74) is 1.33. The Balaban J connectivity index is 1.54. The number of amides is 1. The second-order valence-electron chi connectivity index (χ2n) is 6.17. The van der Waals surface area contributed by atoms with Crippen molar-refractivity contribution in [1.82, 2.24) is 0 Å². The largest absolute Gasteiger partial charge is 0.490 e. The monoisotopic (exact) mass is 401 g/mol. The second kappa shape index (κ2) is 9.28. The Morgan fingerprint density at radius 1 is 1.11 bits per heavy atom. The molecule has 0 aliphatic carbocycles. The van der Waals surface area contributed by atoms with Gasteiger partial charge in [-0.1, -0.05) is 17.7 Å². The van der Waals surface area contributed by atoms with Gasteiger partial charge in [0.25, 0.3) is 5.91 Å². The van der Waals surface area contributed by atoms with Crippen LogP contribution in [0, 0.1) is 0 Å². The molecule has 6 nitrogen and oxygen atoms in total. The van der Waals surface area contributed by atoms with E-state index in [-0.39, 0.29) is 0 Å². The first-order valence-electron chi connectivity index (χ1n) is 8.86. The van der Waals surface area contributed by atoms with Crippen LogP contribution in [0.4, 0.5) is 5.69 Å². The van der Waals surface area contributed by atoms with Crippen LogP contribution in [0.25, 0.3) is 6.08 Å². The minimum atomic E-state index is -0.948. The van der Waals surface area contributed by atoms with Crippen LogP contribution in [0.5, 0.6) is 11.5 Å². The highest BCUT2D eigenvalue weighted by Gasteiger charge is 2.17. The number of esters is 1. The summed E-state index contributed by atoms with van der Waals surface area (Å²) < 4.78 is 16.3. The molecular formula is C21H20ClNO5. The van der Waals surface area contributed by atoms with Gasteiger partial charge < -0.3 is 19.5 Å². The SMILES string of the molecule is C[C@H](OC(=O)/C=C/c1ccc2c(c1)OCCCO2)C(=O)Nc1ccc(Cl)cc1. The summed E-state index contributed by atoms with van der Waals surface area (Å²) in [4.78, 5) is 24.1. The zero-order valence-electron chi connectivity index (χ0n) is 15.3. The lowest BCUT2D eigenvalue weighted by Gasteiger charge is -2.12. The van der Waals surface area contributed by atoms with E-state index in [0.717, 1.165) is 12.0 Å². The van der Waals surface area contributed by atoms with Gasteiger partial charge in [-0.15, -0.1) is 0 Å². The Labute approximate surface area is 168 Å². The Morgan fingerprint density at radius 3 is 2.57 bits per heavy atom. The molecule has 0 aromatic heterocycles. The summed E-state index contributed by atoms with van der Waals surface area (Å²) in [5.74, 6) is 0.277. The fourth-order valence-corrected chi connectivity index (χ4v) is 2.62. The van der Waals surface area contributed by atoms with E-state index in [0.29, 0.717) is 35.4 Å². The predicted molar refractivity (Wildman–Crippen MR) is 107 cm³/mol. The smallest absolute Gasteiger partial charge is 0.331 e. The van der Waals surface area contributed by atoms with Crippen LogP contribution >= 0.6 is 11.6 Å². The van der Waals surface area contributed by atoms with Gasteiger partial charge in [-0.3, -0.25) is 4.79 Å². The molecule has 28 heavy (non-hydrogen) atoms. The van der Waals surface area contributed by atoms with Crippen LogP contribution in [0.3, 0.4) is 0 Å². The molecule has 0 unspecified atom stereocenters. The van der Waals surface area contributed by atoms with Crippen LogP contribution in [0.1, 0.15) is 18.9 Å². The van der Waals surface area contributed by atoms with Crippen molar-refractivity contribution in [3.63, 3.8) is 0 Å². The Morgan fingerprint density at radius 2 is 1.82 bits per heavy atom. The van der Waals surface area contributed by atoms with Crippen molar-refractivity contribution in [2.45, 2.75) is 19.4 Å². The quantitative estimate of drug-likeness (QED) is 0.603. The number of hydrogen-bond acceptors (Lipinski definition) is 5. The lowest BCUT2D eigenvalue weighted by molar-refractivity contribution is -0.148. The Kier molecular flexibility index (Phi) is 6.55. The number of halogens is 1. The minimum absolute atomic E-state index is 0.431. The molecule has 2 aromatic carbocycles. The first kappa shape index (κ1) is 19.8. The van der Waals surface area contributed by atoms with Gasteiger partial charge in [-0.2, -0.15) is 0 Å². The normalized spacial score (nSPS) is 14.2. The zero-order chi connectivity index (χ0) is 19.9. The Hall–Kier alpha value is -2.99. The average molecular weight is 402 g/mol. The molecule has 1 N–H and O–H groups in total. The van der Waals surface area contributed by atoms with Crippen molar-refractivity contribution in [3.05, 3.63) is 59.1 Å². The maximum atomic E-state index is 12.1. The molecule has 2 aromatic rings. The molecule has 0 spiro atoms. The number of hydrogen-bond donors (Lipinski definition) is 1. The summed E-state index contributed by atoms with van der Waals surface area (Å²) in [6, 6.07) is 12.1. The van der Waals surface area contributed by atoms with Crippen LogP contribution < -0.4 is 14.8 Å². The van der Waals surface area contributed by atoms with Crippen LogP contribution in [0.2, 0.25) is 5.02 Å². The minimum Gasteiger partial charge on any atom is -0.490 e. The van der Waals surface area contributed by atoms with Gasteiger partial charge in [0.15, 0.2) is 17.6 Å². The second-order valence-corrected chi connectivity index (χ2v) is 6.60. The molecule has 1 atom stereocenters. The van der Waals surface area contributed by atoms with E-state index in [2.05, 4.69) is 5.32 Å². The van der Waals surface area contributed by atoms with E-state index >= 15 is 0 Å². The van der Waals surface area contributed by atoms with E-state index in [1.54, 1.807) is 42.5 Å². The van der Waals surface area contributed by atoms with Crippen LogP contribution in [-0.4, -0.2) is 31.2 Å². The molecule has 0 saturated carbocycles. The van der Waals surface area contributed by atoms with Crippen molar-refractivity contribution in [2.75, 3.05) is 18.5 Å². The molecule has 1 amide bonds. The highest BCUT2D eigenvalue weighted by molar-refractivity contribution is 6.30. The standard InChI is InChI=1S/C21H20ClNO5/c1-14(21(25)23-17-7-5-16(22)6-8-17)28-20(24)10-4-15-3-9-18-19(13-15)27-12-2-11-26-18/h3-10,13-14H,2,11-12H2,1H3,(H,23,25)/b10-4+/t14-/m0/s1. The molecule has 0 bridgehead atoms. The molecule has 3 rings (SSSR count). The molecule has 1 aliphatic heterocycles. The number of nitrogens with one attached hydrogen (secondary N) is 1. The van der Waals surface area contributed by atoms with E-state index in [9.17, 15) is 9.59 Å². The predicted octanol–water partition coefficient (Wildman–Crippen LogP) is 4.08. The van der Waals surface area contributed by atoms with Gasteiger partial charge in [0, 0.05) is 23.2 Å². The molecule has 0 fully saturated rings. The molecule has 0 radical (unpaired) electrons. The third-order valence-electron chi connectivity index (χ3n) is 3.96. The van der Waals surface area contributed by atoms with E-state index < -0.39 is 18.0 Å². The van der Waals surface area contributed by atoms with E-state index in [1.165, 1.54) is 13.0 Å². The first-order chi connectivity index (χ1) is 13.5. The summed E-state index contributed by atoms with van der Waals surface area (Å²) in [6.07, 6.45) is 2.74. The van der Waals surface area contributed by atoms with Gasteiger partial charge in [0.05, 0.1) is 13.2 Å². The summed E-state index contributed by atoms with van der Waals surface area (Å²) in [6.45, 7) is 2.71. The molecule has 7 heteroatoms. The zero-order valence-corrected chi connectivity index (χ0v) is 16.1. The van der Waals surface area contributed by atoms with Gasteiger partial charge in [0.1, 0.15) is 0 Å². The van der Waals surface area contributed by atoms with Gasteiger partial charge >= 0.3 is 5.97 Å². The van der Waals surface area contributed by atoms with Crippen molar-refractivity contribution in [1.29, 1.82) is 0 Å². The number of fused-ring (bicyclic) bond motifs is 1. The summed E-state index contributed by atoms with van der Waals surface area (Å²) >= 11 is 5.81. The third kappa shape index (κ3) is 5.50. The fraction of sp³-hybridized carbons (Fsp3) is 0.238. The van der Waals surface area contributed by atoms with Gasteiger partial charge in [-0.05, 0) is 55.0 Å². The molecular weight excluding hydrogens is 382 g/mol. The first-order valence-corrected chi connectivity index (χ1v) is 9.24. The maximum absolute atomic E-state index is 12.1. The van der Waals surface area contributed by atoms with Crippen molar-refractivity contribution in [2.24, 2.45) is 0 Å². The number of ether oxygens (including phenoxy) is 3. The van der Waals surface area contributed by atoms with Crippen molar-refractivity contribution < 1.29 is 23.8 Å². The number of benzene rings is 2. The lowest BCUT2D eigenvalue weighted by atomic mass is 10.2. The summed E-state index contributed by atoms with van der Waals surface area (Å²) in [7, 11) is 0. The molecule has 1 aliphatic rings.